The van der Waals surface area contributed by atoms with Gasteiger partial charge in [0.15, 0.2) is 0 Å². The van der Waals surface area contributed by atoms with Gasteiger partial charge in [0.05, 0.1) is 0 Å². The Bertz CT molecular complexity index is 282. The lowest BCUT2D eigenvalue weighted by molar-refractivity contribution is 1.19. The first-order valence-corrected chi connectivity index (χ1v) is 4.41. The quantitative estimate of drug-likeness (QED) is 0.581. The summed E-state index contributed by atoms with van der Waals surface area (Å²) in [7, 11) is 0. The van der Waals surface area contributed by atoms with E-state index < -0.39 is 0 Å². The van der Waals surface area contributed by atoms with Crippen molar-refractivity contribution >= 4 is 0 Å². The summed E-state index contributed by atoms with van der Waals surface area (Å²) in [5.74, 6) is 0. The molecule has 0 radical (unpaired) electrons. The molecule has 64 valence electrons. The van der Waals surface area contributed by atoms with Gasteiger partial charge in [-0.25, -0.2) is 0 Å². The minimum absolute atomic E-state index is 1.06. The van der Waals surface area contributed by atoms with Gasteiger partial charge < -0.3 is 0 Å². The van der Waals surface area contributed by atoms with Gasteiger partial charge in [0.1, 0.15) is 0 Å². The molecule has 0 saturated heterocycles. The summed E-state index contributed by atoms with van der Waals surface area (Å²) in [6, 6.07) is 6.61. The van der Waals surface area contributed by atoms with Crippen LogP contribution in [-0.2, 0) is 6.42 Å². The van der Waals surface area contributed by atoms with Crippen LogP contribution in [0.4, 0.5) is 0 Å². The molecule has 0 nitrogen and oxygen atoms in total. The fraction of sp³-hybridized carbons (Fsp3) is 0.333. The fourth-order valence-corrected chi connectivity index (χ4v) is 1.26. The topological polar surface area (TPSA) is 0 Å². The second-order valence-electron chi connectivity index (χ2n) is 3.20. The third kappa shape index (κ3) is 2.23. The molecule has 0 heteroatoms. The number of benzene rings is 1. The van der Waals surface area contributed by atoms with E-state index in [9.17, 15) is 0 Å². The van der Waals surface area contributed by atoms with Crippen molar-refractivity contribution in [1.29, 1.82) is 0 Å². The molecule has 0 aromatic heterocycles. The summed E-state index contributed by atoms with van der Waals surface area (Å²) in [5.41, 5.74) is 4.17. The minimum atomic E-state index is 1.06. The lowest BCUT2D eigenvalue weighted by Crippen LogP contribution is -1.87. The molecule has 0 aliphatic heterocycles. The molecule has 0 unspecified atom stereocenters. The molecular weight excluding hydrogens is 144 g/mol. The van der Waals surface area contributed by atoms with E-state index in [4.69, 9.17) is 0 Å². The predicted octanol–water partition coefficient (Wildman–Crippen LogP) is 3.42. The van der Waals surface area contributed by atoms with Crippen molar-refractivity contribution in [2.75, 3.05) is 0 Å². The van der Waals surface area contributed by atoms with Crippen molar-refractivity contribution in [3.05, 3.63) is 47.0 Å². The van der Waals surface area contributed by atoms with Gasteiger partial charge in [-0.05, 0) is 38.3 Å². The molecule has 1 aromatic rings. The standard InChI is InChI=1S/C12H16/c1-4-5-6-12-9-10(2)7-8-11(12)3/h4-5,7-9H,6H2,1-3H3. The van der Waals surface area contributed by atoms with Crippen LogP contribution in [0.15, 0.2) is 30.4 Å². The zero-order valence-electron chi connectivity index (χ0n) is 8.09. The Labute approximate surface area is 74.9 Å². The van der Waals surface area contributed by atoms with Gasteiger partial charge in [-0.3, -0.25) is 0 Å². The summed E-state index contributed by atoms with van der Waals surface area (Å²) in [5, 5.41) is 0. The van der Waals surface area contributed by atoms with E-state index >= 15 is 0 Å². The lowest BCUT2D eigenvalue weighted by atomic mass is 10.0. The molecule has 0 bridgehead atoms. The van der Waals surface area contributed by atoms with Gasteiger partial charge >= 0.3 is 0 Å². The average Bonchev–Trinajstić information content (AvgIpc) is 2.07. The largest absolute Gasteiger partial charge is 0.0913 e. The molecule has 1 rings (SSSR count). The van der Waals surface area contributed by atoms with E-state index in [1.807, 2.05) is 0 Å². The van der Waals surface area contributed by atoms with Crippen LogP contribution in [-0.4, -0.2) is 0 Å². The fourth-order valence-electron chi connectivity index (χ4n) is 1.26. The van der Waals surface area contributed by atoms with Crippen molar-refractivity contribution < 1.29 is 0 Å². The highest BCUT2D eigenvalue weighted by Crippen LogP contribution is 2.11. The van der Waals surface area contributed by atoms with Gasteiger partial charge in [0.25, 0.3) is 0 Å². The smallest absolute Gasteiger partial charge is 0.00948 e. The highest BCUT2D eigenvalue weighted by atomic mass is 14.0. The van der Waals surface area contributed by atoms with Crippen LogP contribution in [0.1, 0.15) is 23.6 Å². The van der Waals surface area contributed by atoms with E-state index in [-0.39, 0.29) is 0 Å². The Kier molecular flexibility index (Phi) is 3.09. The molecule has 0 amide bonds. The molecule has 0 N–H and O–H groups in total. The molecule has 0 fully saturated rings. The van der Waals surface area contributed by atoms with Crippen LogP contribution < -0.4 is 0 Å². The summed E-state index contributed by atoms with van der Waals surface area (Å²) in [4.78, 5) is 0. The van der Waals surface area contributed by atoms with Gasteiger partial charge in [0.2, 0.25) is 0 Å². The maximum atomic E-state index is 2.26. The second kappa shape index (κ2) is 4.10. The van der Waals surface area contributed by atoms with Crippen molar-refractivity contribution in [1.82, 2.24) is 0 Å². The normalized spacial score (nSPS) is 10.9. The van der Waals surface area contributed by atoms with Gasteiger partial charge in [-0.1, -0.05) is 35.9 Å². The molecule has 0 aliphatic rings. The van der Waals surface area contributed by atoms with Crippen LogP contribution in [0.2, 0.25) is 0 Å². The van der Waals surface area contributed by atoms with Gasteiger partial charge in [-0.2, -0.15) is 0 Å². The summed E-state index contributed by atoms with van der Waals surface area (Å²) < 4.78 is 0. The third-order valence-corrected chi connectivity index (χ3v) is 2.08. The summed E-state index contributed by atoms with van der Waals surface area (Å²) >= 11 is 0. The Balaban J connectivity index is 2.89. The van der Waals surface area contributed by atoms with E-state index in [1.54, 1.807) is 0 Å². The van der Waals surface area contributed by atoms with Crippen molar-refractivity contribution in [2.45, 2.75) is 27.2 Å². The number of hydrogen-bond donors (Lipinski definition) is 0. The van der Waals surface area contributed by atoms with Crippen molar-refractivity contribution in [2.24, 2.45) is 0 Å². The highest BCUT2D eigenvalue weighted by Gasteiger charge is 1.94. The molecule has 0 atom stereocenters. The molecule has 12 heavy (non-hydrogen) atoms. The Morgan fingerprint density at radius 3 is 2.67 bits per heavy atom. The second-order valence-corrected chi connectivity index (χ2v) is 3.20. The Morgan fingerprint density at radius 2 is 2.00 bits per heavy atom. The number of rotatable bonds is 2. The third-order valence-electron chi connectivity index (χ3n) is 2.08. The molecule has 0 aliphatic carbocycles. The predicted molar refractivity (Wildman–Crippen MR) is 54.4 cm³/mol. The monoisotopic (exact) mass is 160 g/mol. The Hall–Kier alpha value is -1.04. The van der Waals surface area contributed by atoms with Crippen LogP contribution >= 0.6 is 0 Å². The van der Waals surface area contributed by atoms with Gasteiger partial charge in [0, 0.05) is 0 Å². The first-order chi connectivity index (χ1) is 5.74. The SMILES string of the molecule is CC=CCc1cc(C)ccc1C. The zero-order chi connectivity index (χ0) is 8.97. The van der Waals surface area contributed by atoms with E-state index in [0.29, 0.717) is 0 Å². The molecule has 0 heterocycles. The van der Waals surface area contributed by atoms with Crippen LogP contribution in [0.3, 0.4) is 0 Å². The lowest BCUT2D eigenvalue weighted by Gasteiger charge is -2.03. The van der Waals surface area contributed by atoms with Crippen LogP contribution in [0.25, 0.3) is 0 Å². The number of hydrogen-bond acceptors (Lipinski definition) is 0. The van der Waals surface area contributed by atoms with Crippen molar-refractivity contribution in [3.8, 4) is 0 Å². The summed E-state index contributed by atoms with van der Waals surface area (Å²) in [6.45, 7) is 6.36. The van der Waals surface area contributed by atoms with E-state index in [2.05, 4.69) is 51.1 Å². The summed E-state index contributed by atoms with van der Waals surface area (Å²) in [6.07, 6.45) is 5.35. The molecule has 0 saturated carbocycles. The minimum Gasteiger partial charge on any atom is -0.0913 e. The van der Waals surface area contributed by atoms with Crippen molar-refractivity contribution in [3.63, 3.8) is 0 Å². The molecule has 0 spiro atoms. The van der Waals surface area contributed by atoms with E-state index in [0.717, 1.165) is 6.42 Å². The Morgan fingerprint density at radius 1 is 1.25 bits per heavy atom. The first kappa shape index (κ1) is 9.05. The van der Waals surface area contributed by atoms with Crippen LogP contribution in [0, 0.1) is 13.8 Å². The van der Waals surface area contributed by atoms with Crippen LogP contribution in [0.5, 0.6) is 0 Å². The maximum Gasteiger partial charge on any atom is -0.00948 e. The molecule has 1 aromatic carbocycles. The number of allylic oxidation sites excluding steroid dienone is 2. The molecular formula is C12H16. The zero-order valence-corrected chi connectivity index (χ0v) is 8.09. The highest BCUT2D eigenvalue weighted by molar-refractivity contribution is 5.31. The maximum absolute atomic E-state index is 2.26. The first-order valence-electron chi connectivity index (χ1n) is 4.41. The number of aryl methyl sites for hydroxylation is 2. The van der Waals surface area contributed by atoms with Gasteiger partial charge in [-0.15, -0.1) is 0 Å². The van der Waals surface area contributed by atoms with E-state index in [1.165, 1.54) is 16.7 Å². The average molecular weight is 160 g/mol.